The Labute approximate surface area is 212 Å². The number of hydrogen-bond donors (Lipinski definition) is 0. The minimum Gasteiger partial charge on any atom is -0.492 e. The van der Waals surface area contributed by atoms with Crippen LogP contribution in [0.15, 0.2) is 60.0 Å². The zero-order valence-corrected chi connectivity index (χ0v) is 21.1. The van der Waals surface area contributed by atoms with Crippen molar-refractivity contribution in [1.82, 2.24) is 9.80 Å². The van der Waals surface area contributed by atoms with Crippen molar-refractivity contribution in [2.24, 2.45) is 0 Å². The SMILES string of the molecule is O=C(c1ccc(OCCN2CCCC2)cc1)c1ccsc1-c1ccc(OCCN2CCCC2)cc1. The fourth-order valence-electron chi connectivity index (χ4n) is 4.87. The summed E-state index contributed by atoms with van der Waals surface area (Å²) in [6.45, 7) is 8.05. The smallest absolute Gasteiger partial charge is 0.194 e. The van der Waals surface area contributed by atoms with E-state index in [4.69, 9.17) is 9.47 Å². The molecular weight excluding hydrogens is 456 g/mol. The molecule has 1 aromatic heterocycles. The summed E-state index contributed by atoms with van der Waals surface area (Å²) in [7, 11) is 0. The number of thiophene rings is 1. The van der Waals surface area contributed by atoms with Crippen molar-refractivity contribution in [3.05, 3.63) is 71.1 Å². The van der Waals surface area contributed by atoms with Crippen LogP contribution in [0, 0.1) is 0 Å². The Morgan fingerprint density at radius 3 is 1.77 bits per heavy atom. The van der Waals surface area contributed by atoms with Gasteiger partial charge in [0, 0.05) is 29.1 Å². The Morgan fingerprint density at radius 2 is 1.23 bits per heavy atom. The lowest BCUT2D eigenvalue weighted by atomic mass is 10.0. The minimum absolute atomic E-state index is 0.0378. The van der Waals surface area contributed by atoms with Crippen LogP contribution in [0.3, 0.4) is 0 Å². The topological polar surface area (TPSA) is 42.0 Å². The second kappa shape index (κ2) is 11.8. The Bertz CT molecular complexity index is 1080. The molecule has 0 unspecified atom stereocenters. The third-order valence-electron chi connectivity index (χ3n) is 6.89. The van der Waals surface area contributed by atoms with Gasteiger partial charge in [0.15, 0.2) is 5.78 Å². The van der Waals surface area contributed by atoms with E-state index in [1.807, 2.05) is 60.0 Å². The van der Waals surface area contributed by atoms with Gasteiger partial charge < -0.3 is 9.47 Å². The second-order valence-corrected chi connectivity index (χ2v) is 10.3. The fourth-order valence-corrected chi connectivity index (χ4v) is 5.77. The van der Waals surface area contributed by atoms with Gasteiger partial charge in [-0.2, -0.15) is 0 Å². The maximum Gasteiger partial charge on any atom is 0.194 e. The molecule has 0 spiro atoms. The molecule has 0 aliphatic carbocycles. The van der Waals surface area contributed by atoms with E-state index in [1.54, 1.807) is 11.3 Å². The van der Waals surface area contributed by atoms with Crippen molar-refractivity contribution in [2.45, 2.75) is 25.7 Å². The average molecular weight is 491 g/mol. The molecule has 5 rings (SSSR count). The highest BCUT2D eigenvalue weighted by Crippen LogP contribution is 2.32. The Morgan fingerprint density at radius 1 is 0.714 bits per heavy atom. The first-order chi connectivity index (χ1) is 17.3. The zero-order valence-electron chi connectivity index (χ0n) is 20.3. The van der Waals surface area contributed by atoms with E-state index in [2.05, 4.69) is 9.80 Å². The van der Waals surface area contributed by atoms with E-state index in [0.29, 0.717) is 18.8 Å². The molecule has 6 heteroatoms. The first-order valence-electron chi connectivity index (χ1n) is 12.8. The molecule has 35 heavy (non-hydrogen) atoms. The van der Waals surface area contributed by atoms with E-state index < -0.39 is 0 Å². The number of likely N-dealkylation sites (tertiary alicyclic amines) is 2. The van der Waals surface area contributed by atoms with Crippen LogP contribution < -0.4 is 9.47 Å². The zero-order chi connectivity index (χ0) is 23.9. The van der Waals surface area contributed by atoms with Gasteiger partial charge in [0.25, 0.3) is 0 Å². The summed E-state index contributed by atoms with van der Waals surface area (Å²) in [6, 6.07) is 17.6. The molecule has 2 aliphatic rings. The first-order valence-corrected chi connectivity index (χ1v) is 13.7. The van der Waals surface area contributed by atoms with Crippen molar-refractivity contribution in [1.29, 1.82) is 0 Å². The normalized spacial score (nSPS) is 16.6. The van der Waals surface area contributed by atoms with Crippen LogP contribution >= 0.6 is 11.3 Å². The van der Waals surface area contributed by atoms with E-state index in [-0.39, 0.29) is 5.78 Å². The molecule has 0 saturated carbocycles. The Kier molecular flexibility index (Phi) is 8.14. The Balaban J connectivity index is 1.17. The third-order valence-corrected chi connectivity index (χ3v) is 7.86. The van der Waals surface area contributed by atoms with Gasteiger partial charge in [-0.05, 0) is 117 Å². The van der Waals surface area contributed by atoms with Gasteiger partial charge in [-0.1, -0.05) is 0 Å². The monoisotopic (exact) mass is 490 g/mol. The van der Waals surface area contributed by atoms with Crippen molar-refractivity contribution in [2.75, 3.05) is 52.5 Å². The molecular formula is C29H34N2O3S. The standard InChI is InChI=1S/C29H34N2O3S/c32-28(23-5-9-25(10-6-23)33-20-18-30-14-1-2-15-30)27-13-22-35-29(27)24-7-11-26(12-8-24)34-21-19-31-16-3-4-17-31/h5-13,22H,1-4,14-21H2. The van der Waals surface area contributed by atoms with Crippen LogP contribution in [0.4, 0.5) is 0 Å². The van der Waals surface area contributed by atoms with Crippen molar-refractivity contribution >= 4 is 17.1 Å². The summed E-state index contributed by atoms with van der Waals surface area (Å²) < 4.78 is 11.8. The molecule has 2 saturated heterocycles. The largest absolute Gasteiger partial charge is 0.492 e. The molecule has 0 atom stereocenters. The van der Waals surface area contributed by atoms with Crippen LogP contribution in [0.5, 0.6) is 11.5 Å². The summed E-state index contributed by atoms with van der Waals surface area (Å²) in [5, 5.41) is 1.98. The highest BCUT2D eigenvalue weighted by Gasteiger charge is 2.17. The van der Waals surface area contributed by atoms with Crippen LogP contribution in [0.25, 0.3) is 10.4 Å². The number of carbonyl (C=O) groups excluding carboxylic acids is 1. The maximum atomic E-state index is 13.3. The highest BCUT2D eigenvalue weighted by molar-refractivity contribution is 7.14. The van der Waals surface area contributed by atoms with E-state index in [1.165, 1.54) is 51.9 Å². The van der Waals surface area contributed by atoms with Gasteiger partial charge in [0.1, 0.15) is 24.7 Å². The number of ketones is 1. The fraction of sp³-hybridized carbons (Fsp3) is 0.414. The van der Waals surface area contributed by atoms with Crippen LogP contribution in [-0.4, -0.2) is 68.1 Å². The molecule has 2 aromatic carbocycles. The van der Waals surface area contributed by atoms with Gasteiger partial charge in [-0.15, -0.1) is 11.3 Å². The molecule has 0 radical (unpaired) electrons. The number of hydrogen-bond acceptors (Lipinski definition) is 6. The lowest BCUT2D eigenvalue weighted by Gasteiger charge is -2.15. The number of ether oxygens (including phenoxy) is 2. The predicted octanol–water partition coefficient (Wildman–Crippen LogP) is 5.60. The van der Waals surface area contributed by atoms with Crippen molar-refractivity contribution < 1.29 is 14.3 Å². The van der Waals surface area contributed by atoms with Gasteiger partial charge in [-0.25, -0.2) is 0 Å². The number of benzene rings is 2. The molecule has 3 aromatic rings. The van der Waals surface area contributed by atoms with Crippen LogP contribution in [0.1, 0.15) is 41.6 Å². The maximum absolute atomic E-state index is 13.3. The van der Waals surface area contributed by atoms with Gasteiger partial charge >= 0.3 is 0 Å². The van der Waals surface area contributed by atoms with Gasteiger partial charge in [0.2, 0.25) is 0 Å². The molecule has 2 fully saturated rings. The van der Waals surface area contributed by atoms with E-state index in [9.17, 15) is 4.79 Å². The number of carbonyl (C=O) groups is 1. The first kappa shape index (κ1) is 24.0. The summed E-state index contributed by atoms with van der Waals surface area (Å²) in [6.07, 6.45) is 5.18. The number of nitrogens with zero attached hydrogens (tertiary/aromatic N) is 2. The average Bonchev–Trinajstić information content (AvgIpc) is 3.68. The predicted molar refractivity (Wildman–Crippen MR) is 142 cm³/mol. The van der Waals surface area contributed by atoms with Gasteiger partial charge in [0.05, 0.1) is 0 Å². The summed E-state index contributed by atoms with van der Waals surface area (Å²) in [5.41, 5.74) is 2.45. The molecule has 0 bridgehead atoms. The highest BCUT2D eigenvalue weighted by atomic mass is 32.1. The van der Waals surface area contributed by atoms with E-state index >= 15 is 0 Å². The van der Waals surface area contributed by atoms with Gasteiger partial charge in [-0.3, -0.25) is 14.6 Å². The molecule has 2 aliphatic heterocycles. The Hall–Kier alpha value is -2.67. The summed E-state index contributed by atoms with van der Waals surface area (Å²) in [4.78, 5) is 19.1. The minimum atomic E-state index is 0.0378. The quantitative estimate of drug-likeness (QED) is 0.328. The van der Waals surface area contributed by atoms with Crippen molar-refractivity contribution in [3.8, 4) is 21.9 Å². The number of rotatable bonds is 11. The summed E-state index contributed by atoms with van der Waals surface area (Å²) >= 11 is 1.59. The molecule has 0 N–H and O–H groups in total. The lowest BCUT2D eigenvalue weighted by Crippen LogP contribution is -2.25. The lowest BCUT2D eigenvalue weighted by molar-refractivity contribution is 0.103. The second-order valence-electron chi connectivity index (χ2n) is 9.34. The molecule has 3 heterocycles. The molecule has 5 nitrogen and oxygen atoms in total. The van der Waals surface area contributed by atoms with E-state index in [0.717, 1.165) is 40.6 Å². The molecule has 0 amide bonds. The van der Waals surface area contributed by atoms with Crippen LogP contribution in [0.2, 0.25) is 0 Å². The molecule has 184 valence electrons. The van der Waals surface area contributed by atoms with Crippen molar-refractivity contribution in [3.63, 3.8) is 0 Å². The van der Waals surface area contributed by atoms with Crippen LogP contribution in [-0.2, 0) is 0 Å². The summed E-state index contributed by atoms with van der Waals surface area (Å²) in [5.74, 6) is 1.72. The third kappa shape index (κ3) is 6.31.